The molecule has 1 rings (SSSR count). The third-order valence-electron chi connectivity index (χ3n) is 2.99. The number of rotatable bonds is 6. The fraction of sp³-hybridized carbons (Fsp3) is 0.533. The van der Waals surface area contributed by atoms with Crippen LogP contribution in [0.2, 0.25) is 0 Å². The zero-order chi connectivity index (χ0) is 14.5. The number of esters is 1. The van der Waals surface area contributed by atoms with Crippen LogP contribution in [0.5, 0.6) is 5.75 Å². The molecule has 0 heterocycles. The minimum Gasteiger partial charge on any atom is -0.492 e. The molecular formula is C15H22O4. The van der Waals surface area contributed by atoms with Crippen LogP contribution in [0.4, 0.5) is 0 Å². The largest absolute Gasteiger partial charge is 0.492 e. The zero-order valence-electron chi connectivity index (χ0n) is 12.0. The van der Waals surface area contributed by atoms with E-state index in [4.69, 9.17) is 9.47 Å². The van der Waals surface area contributed by atoms with Crippen molar-refractivity contribution >= 4 is 5.97 Å². The summed E-state index contributed by atoms with van der Waals surface area (Å²) in [6, 6.07) is 7.31. The topological polar surface area (TPSA) is 55.8 Å². The molecule has 1 unspecified atom stereocenters. The van der Waals surface area contributed by atoms with E-state index in [1.165, 1.54) is 7.11 Å². The first-order chi connectivity index (χ1) is 8.92. The summed E-state index contributed by atoms with van der Waals surface area (Å²) < 4.78 is 10.4. The highest BCUT2D eigenvalue weighted by molar-refractivity contribution is 5.75. The lowest BCUT2D eigenvalue weighted by molar-refractivity contribution is -0.152. The Balaban J connectivity index is 2.81. The molecule has 0 aliphatic carbocycles. The molecule has 1 atom stereocenters. The quantitative estimate of drug-likeness (QED) is 0.804. The summed E-state index contributed by atoms with van der Waals surface area (Å²) in [6.07, 6.45) is 0.0539. The van der Waals surface area contributed by atoms with Crippen LogP contribution in [0.1, 0.15) is 38.9 Å². The molecule has 0 radical (unpaired) electrons. The maximum atomic E-state index is 11.6. The molecule has 0 bridgehead atoms. The van der Waals surface area contributed by atoms with Crippen LogP contribution >= 0.6 is 0 Å². The van der Waals surface area contributed by atoms with E-state index in [0.29, 0.717) is 12.2 Å². The van der Waals surface area contributed by atoms with Crippen LogP contribution in [0.3, 0.4) is 0 Å². The van der Waals surface area contributed by atoms with E-state index in [9.17, 15) is 9.90 Å². The van der Waals surface area contributed by atoms with Crippen LogP contribution in [0.15, 0.2) is 24.3 Å². The summed E-state index contributed by atoms with van der Waals surface area (Å²) in [4.78, 5) is 11.6. The van der Waals surface area contributed by atoms with Crippen molar-refractivity contribution < 1.29 is 19.4 Å². The highest BCUT2D eigenvalue weighted by atomic mass is 16.5. The van der Waals surface area contributed by atoms with Crippen molar-refractivity contribution in [1.82, 2.24) is 0 Å². The van der Waals surface area contributed by atoms with Gasteiger partial charge in [-0.15, -0.1) is 0 Å². The first-order valence-corrected chi connectivity index (χ1v) is 6.40. The lowest BCUT2D eigenvalue weighted by atomic mass is 9.95. The van der Waals surface area contributed by atoms with E-state index < -0.39 is 11.5 Å². The number of benzene rings is 1. The minimum atomic E-state index is -0.723. The molecule has 0 fully saturated rings. The maximum Gasteiger partial charge on any atom is 0.314 e. The molecule has 106 valence electrons. The van der Waals surface area contributed by atoms with E-state index in [1.54, 1.807) is 19.9 Å². The second-order valence-corrected chi connectivity index (χ2v) is 5.13. The molecule has 19 heavy (non-hydrogen) atoms. The van der Waals surface area contributed by atoms with Crippen molar-refractivity contribution in [2.75, 3.05) is 13.7 Å². The summed E-state index contributed by atoms with van der Waals surface area (Å²) in [6.45, 7) is 5.63. The normalized spacial score (nSPS) is 12.9. The third-order valence-corrected chi connectivity index (χ3v) is 2.99. The maximum absolute atomic E-state index is 11.6. The van der Waals surface area contributed by atoms with Gasteiger partial charge in [-0.05, 0) is 26.3 Å². The second kappa shape index (κ2) is 6.57. The van der Waals surface area contributed by atoms with Gasteiger partial charge in [-0.2, -0.15) is 0 Å². The molecule has 1 aromatic carbocycles. The molecule has 0 spiro atoms. The number of aliphatic hydroxyl groups is 1. The van der Waals surface area contributed by atoms with Gasteiger partial charge in [0.15, 0.2) is 0 Å². The Bertz CT molecular complexity index is 426. The lowest BCUT2D eigenvalue weighted by Gasteiger charge is -2.23. The van der Waals surface area contributed by atoms with Crippen molar-refractivity contribution in [3.63, 3.8) is 0 Å². The second-order valence-electron chi connectivity index (χ2n) is 5.13. The molecule has 0 saturated carbocycles. The number of hydrogen-bond acceptors (Lipinski definition) is 4. The van der Waals surface area contributed by atoms with Gasteiger partial charge in [0.2, 0.25) is 0 Å². The lowest BCUT2D eigenvalue weighted by Crippen LogP contribution is -2.32. The standard InChI is InChI=1S/C15H22O4/c1-5-12(16)11-8-6-7-9-13(11)19-10-15(2,3)14(17)18-4/h6-9,12,16H,5,10H2,1-4H3. The SMILES string of the molecule is CCC(O)c1ccccc1OCC(C)(C)C(=O)OC. The first-order valence-electron chi connectivity index (χ1n) is 6.40. The molecule has 0 saturated heterocycles. The summed E-state index contributed by atoms with van der Waals surface area (Å²) in [5.41, 5.74) is 0.0182. The number of ether oxygens (including phenoxy) is 2. The van der Waals surface area contributed by atoms with Gasteiger partial charge in [-0.3, -0.25) is 4.79 Å². The first kappa shape index (κ1) is 15.5. The van der Waals surface area contributed by atoms with Crippen LogP contribution in [0.25, 0.3) is 0 Å². The Morgan fingerprint density at radius 2 is 2.00 bits per heavy atom. The molecule has 0 aliphatic heterocycles. The summed E-state index contributed by atoms with van der Waals surface area (Å²) in [5.74, 6) is 0.287. The van der Waals surface area contributed by atoms with Crippen LogP contribution in [0, 0.1) is 5.41 Å². The summed E-state index contributed by atoms with van der Waals surface area (Å²) in [7, 11) is 1.36. The van der Waals surface area contributed by atoms with Gasteiger partial charge >= 0.3 is 5.97 Å². The van der Waals surface area contributed by atoms with Crippen molar-refractivity contribution in [2.24, 2.45) is 5.41 Å². The Labute approximate surface area is 114 Å². The molecule has 1 aromatic rings. The molecule has 0 amide bonds. The van der Waals surface area contributed by atoms with E-state index in [0.717, 1.165) is 5.56 Å². The van der Waals surface area contributed by atoms with E-state index >= 15 is 0 Å². The highest BCUT2D eigenvalue weighted by Crippen LogP contribution is 2.28. The van der Waals surface area contributed by atoms with Gasteiger partial charge in [0.05, 0.1) is 18.6 Å². The Kier molecular flexibility index (Phi) is 5.36. The van der Waals surface area contributed by atoms with Crippen LogP contribution < -0.4 is 4.74 Å². The smallest absolute Gasteiger partial charge is 0.314 e. The summed E-state index contributed by atoms with van der Waals surface area (Å²) >= 11 is 0. The predicted octanol–water partition coefficient (Wildman–Crippen LogP) is 2.71. The molecule has 4 heteroatoms. The van der Waals surface area contributed by atoms with Gasteiger partial charge in [0, 0.05) is 5.56 Å². The number of carbonyl (C=O) groups excluding carboxylic acids is 1. The summed E-state index contributed by atoms with van der Waals surface area (Å²) in [5, 5.41) is 9.92. The molecule has 0 aliphatic rings. The number of hydrogen-bond donors (Lipinski definition) is 1. The number of para-hydroxylation sites is 1. The Hall–Kier alpha value is -1.55. The van der Waals surface area contributed by atoms with E-state index in [2.05, 4.69) is 0 Å². The fourth-order valence-corrected chi connectivity index (χ4v) is 1.70. The highest BCUT2D eigenvalue weighted by Gasteiger charge is 2.30. The van der Waals surface area contributed by atoms with Crippen LogP contribution in [-0.2, 0) is 9.53 Å². The fourth-order valence-electron chi connectivity index (χ4n) is 1.70. The van der Waals surface area contributed by atoms with Gasteiger partial charge < -0.3 is 14.6 Å². The molecular weight excluding hydrogens is 244 g/mol. The van der Waals surface area contributed by atoms with Gasteiger partial charge in [0.1, 0.15) is 12.4 Å². The Morgan fingerprint density at radius 3 is 2.58 bits per heavy atom. The number of aliphatic hydroxyl groups excluding tert-OH is 1. The number of methoxy groups -OCH3 is 1. The third kappa shape index (κ3) is 3.96. The van der Waals surface area contributed by atoms with Crippen molar-refractivity contribution in [3.8, 4) is 5.75 Å². The van der Waals surface area contributed by atoms with Gasteiger partial charge in [0.25, 0.3) is 0 Å². The molecule has 4 nitrogen and oxygen atoms in total. The van der Waals surface area contributed by atoms with Gasteiger partial charge in [-0.1, -0.05) is 25.1 Å². The average Bonchev–Trinajstić information content (AvgIpc) is 2.43. The molecule has 0 aromatic heterocycles. The average molecular weight is 266 g/mol. The number of carbonyl (C=O) groups is 1. The van der Waals surface area contributed by atoms with E-state index in [1.807, 2.05) is 25.1 Å². The Morgan fingerprint density at radius 1 is 1.37 bits per heavy atom. The minimum absolute atomic E-state index is 0.202. The predicted molar refractivity (Wildman–Crippen MR) is 73.0 cm³/mol. The monoisotopic (exact) mass is 266 g/mol. The van der Waals surface area contributed by atoms with Crippen molar-refractivity contribution in [2.45, 2.75) is 33.3 Å². The van der Waals surface area contributed by atoms with Crippen LogP contribution in [-0.4, -0.2) is 24.8 Å². The van der Waals surface area contributed by atoms with Crippen molar-refractivity contribution in [3.05, 3.63) is 29.8 Å². The van der Waals surface area contributed by atoms with E-state index in [-0.39, 0.29) is 12.6 Å². The zero-order valence-corrected chi connectivity index (χ0v) is 12.0. The van der Waals surface area contributed by atoms with Crippen molar-refractivity contribution in [1.29, 1.82) is 0 Å². The van der Waals surface area contributed by atoms with Gasteiger partial charge in [-0.25, -0.2) is 0 Å². The molecule has 1 N–H and O–H groups in total.